The summed E-state index contributed by atoms with van der Waals surface area (Å²) in [4.78, 5) is 30.9. The molecule has 1 N–H and O–H groups in total. The zero-order chi connectivity index (χ0) is 19.0. The molecule has 1 aliphatic heterocycles. The van der Waals surface area contributed by atoms with Crippen LogP contribution in [0.15, 0.2) is 42.5 Å². The van der Waals surface area contributed by atoms with E-state index < -0.39 is 5.92 Å². The molecule has 0 spiro atoms. The van der Waals surface area contributed by atoms with Crippen molar-refractivity contribution in [2.45, 2.75) is 19.8 Å². The molecule has 0 aliphatic carbocycles. The number of nitrogens with one attached hydrogen (secondary N) is 1. The van der Waals surface area contributed by atoms with Gasteiger partial charge >= 0.3 is 0 Å². The second-order valence-corrected chi connectivity index (χ2v) is 7.58. The highest BCUT2D eigenvalue weighted by molar-refractivity contribution is 7.22. The lowest BCUT2D eigenvalue weighted by Crippen LogP contribution is -2.28. The summed E-state index contributed by atoms with van der Waals surface area (Å²) in [7, 11) is 0. The molecule has 1 aromatic heterocycles. The van der Waals surface area contributed by atoms with E-state index in [0.717, 1.165) is 12.1 Å². The van der Waals surface area contributed by atoms with Gasteiger partial charge < -0.3 is 10.2 Å². The lowest BCUT2D eigenvalue weighted by Gasteiger charge is -2.17. The van der Waals surface area contributed by atoms with Gasteiger partial charge in [0.05, 0.1) is 16.1 Å². The smallest absolute Gasteiger partial charge is 0.231 e. The highest BCUT2D eigenvalue weighted by Gasteiger charge is 2.35. The van der Waals surface area contributed by atoms with E-state index in [1.807, 2.05) is 24.3 Å². The number of halogens is 1. The molecule has 1 aliphatic rings. The number of fused-ring (bicyclic) bond motifs is 1. The number of nitrogens with zero attached hydrogens (tertiary/aromatic N) is 2. The van der Waals surface area contributed by atoms with Gasteiger partial charge in [-0.05, 0) is 42.3 Å². The van der Waals surface area contributed by atoms with Crippen LogP contribution in [0.25, 0.3) is 10.2 Å². The lowest BCUT2D eigenvalue weighted by atomic mass is 10.1. The van der Waals surface area contributed by atoms with E-state index in [-0.39, 0.29) is 24.1 Å². The maximum absolute atomic E-state index is 13.3. The zero-order valence-electron chi connectivity index (χ0n) is 14.7. The maximum Gasteiger partial charge on any atom is 0.231 e. The highest BCUT2D eigenvalue weighted by atomic mass is 32.1. The van der Waals surface area contributed by atoms with Crippen LogP contribution >= 0.6 is 11.3 Å². The molecule has 0 radical (unpaired) electrons. The molecule has 0 bridgehead atoms. The molecule has 2 aromatic carbocycles. The summed E-state index contributed by atoms with van der Waals surface area (Å²) < 4.78 is 14.0. The van der Waals surface area contributed by atoms with Crippen LogP contribution in [0.5, 0.6) is 0 Å². The summed E-state index contributed by atoms with van der Waals surface area (Å²) in [5, 5.41) is 3.19. The second kappa shape index (κ2) is 7.08. The molecule has 2 heterocycles. The van der Waals surface area contributed by atoms with Crippen molar-refractivity contribution in [3.63, 3.8) is 0 Å². The first-order valence-electron chi connectivity index (χ1n) is 8.79. The number of hydrogen-bond donors (Lipinski definition) is 1. The van der Waals surface area contributed by atoms with Crippen LogP contribution in [0.3, 0.4) is 0 Å². The van der Waals surface area contributed by atoms with E-state index >= 15 is 0 Å². The Hall–Kier alpha value is -2.80. The first kappa shape index (κ1) is 17.6. The predicted molar refractivity (Wildman–Crippen MR) is 104 cm³/mol. The van der Waals surface area contributed by atoms with Crippen molar-refractivity contribution in [2.24, 2.45) is 5.92 Å². The monoisotopic (exact) mass is 383 g/mol. The summed E-state index contributed by atoms with van der Waals surface area (Å²) in [5.41, 5.74) is 2.65. The summed E-state index contributed by atoms with van der Waals surface area (Å²) in [6.07, 6.45) is 1.10. The molecule has 138 valence electrons. The zero-order valence-corrected chi connectivity index (χ0v) is 15.6. The van der Waals surface area contributed by atoms with E-state index in [0.29, 0.717) is 21.9 Å². The van der Waals surface area contributed by atoms with Crippen molar-refractivity contribution >= 4 is 44.2 Å². The third-order valence-corrected chi connectivity index (χ3v) is 5.67. The first-order chi connectivity index (χ1) is 13.0. The molecule has 1 atom stereocenters. The van der Waals surface area contributed by atoms with Crippen LogP contribution in [-0.4, -0.2) is 23.3 Å². The molecule has 1 unspecified atom stereocenters. The topological polar surface area (TPSA) is 62.3 Å². The molecule has 7 heteroatoms. The average molecular weight is 383 g/mol. The minimum absolute atomic E-state index is 0.0641. The number of aromatic nitrogens is 1. The van der Waals surface area contributed by atoms with E-state index in [1.54, 1.807) is 11.0 Å². The van der Waals surface area contributed by atoms with Gasteiger partial charge in [0, 0.05) is 18.7 Å². The van der Waals surface area contributed by atoms with Gasteiger partial charge in [-0.15, -0.1) is 0 Å². The SMILES string of the molecule is CCc1ccc(N2CC(C(=O)Nc3nc4ccc(F)cc4s3)CC2=O)cc1. The van der Waals surface area contributed by atoms with Crippen LogP contribution < -0.4 is 10.2 Å². The van der Waals surface area contributed by atoms with Crippen LogP contribution in [0, 0.1) is 11.7 Å². The molecular weight excluding hydrogens is 365 g/mol. The molecule has 5 nitrogen and oxygen atoms in total. The number of hydrogen-bond acceptors (Lipinski definition) is 4. The first-order valence-corrected chi connectivity index (χ1v) is 9.61. The molecule has 2 amide bonds. The number of thiazole rings is 1. The Balaban J connectivity index is 1.46. The van der Waals surface area contributed by atoms with Crippen molar-refractivity contribution in [1.82, 2.24) is 4.98 Å². The quantitative estimate of drug-likeness (QED) is 0.741. The number of amides is 2. The van der Waals surface area contributed by atoms with Gasteiger partial charge in [-0.1, -0.05) is 30.4 Å². The number of benzene rings is 2. The van der Waals surface area contributed by atoms with E-state index in [2.05, 4.69) is 17.2 Å². The van der Waals surface area contributed by atoms with Crippen molar-refractivity contribution < 1.29 is 14.0 Å². The minimum atomic E-state index is -0.438. The van der Waals surface area contributed by atoms with Crippen molar-refractivity contribution in [1.29, 1.82) is 0 Å². The molecule has 27 heavy (non-hydrogen) atoms. The van der Waals surface area contributed by atoms with Crippen molar-refractivity contribution in [2.75, 3.05) is 16.8 Å². The van der Waals surface area contributed by atoms with Gasteiger partial charge in [-0.3, -0.25) is 9.59 Å². The molecule has 4 rings (SSSR count). The third kappa shape index (κ3) is 3.55. The predicted octanol–water partition coefficient (Wildman–Crippen LogP) is 3.99. The van der Waals surface area contributed by atoms with Gasteiger partial charge in [0.25, 0.3) is 0 Å². The number of rotatable bonds is 4. The normalized spacial score (nSPS) is 16.9. The van der Waals surface area contributed by atoms with Gasteiger partial charge in [-0.25, -0.2) is 9.37 Å². The number of anilines is 2. The maximum atomic E-state index is 13.3. The number of aryl methyl sites for hydroxylation is 1. The third-order valence-electron chi connectivity index (χ3n) is 4.73. The van der Waals surface area contributed by atoms with Gasteiger partial charge in [0.1, 0.15) is 5.82 Å². The lowest BCUT2D eigenvalue weighted by molar-refractivity contribution is -0.122. The Morgan fingerprint density at radius 2 is 2.07 bits per heavy atom. The standard InChI is InChI=1S/C20H18FN3O2S/c1-2-12-3-6-15(7-4-12)24-11-13(9-18(24)25)19(26)23-20-22-16-8-5-14(21)10-17(16)27-20/h3-8,10,13H,2,9,11H2,1H3,(H,22,23,26). The Morgan fingerprint density at radius 3 is 2.81 bits per heavy atom. The fourth-order valence-electron chi connectivity index (χ4n) is 3.20. The minimum Gasteiger partial charge on any atom is -0.312 e. The molecule has 0 saturated carbocycles. The molecule has 1 saturated heterocycles. The average Bonchev–Trinajstić information content (AvgIpc) is 3.24. The summed E-state index contributed by atoms with van der Waals surface area (Å²) in [6, 6.07) is 12.1. The Kier molecular flexibility index (Phi) is 4.61. The van der Waals surface area contributed by atoms with Gasteiger partial charge in [0.15, 0.2) is 5.13 Å². The Morgan fingerprint density at radius 1 is 1.30 bits per heavy atom. The van der Waals surface area contributed by atoms with E-state index in [4.69, 9.17) is 0 Å². The Bertz CT molecular complexity index is 1020. The molecule has 1 fully saturated rings. The number of carbonyl (C=O) groups excluding carboxylic acids is 2. The van der Waals surface area contributed by atoms with Crippen molar-refractivity contribution in [3.05, 3.63) is 53.8 Å². The van der Waals surface area contributed by atoms with Gasteiger partial charge in [-0.2, -0.15) is 0 Å². The highest BCUT2D eigenvalue weighted by Crippen LogP contribution is 2.29. The number of carbonyl (C=O) groups is 2. The summed E-state index contributed by atoms with van der Waals surface area (Å²) in [6.45, 7) is 2.42. The molecular formula is C20H18FN3O2S. The summed E-state index contributed by atoms with van der Waals surface area (Å²) >= 11 is 1.22. The van der Waals surface area contributed by atoms with Gasteiger partial charge in [0.2, 0.25) is 11.8 Å². The second-order valence-electron chi connectivity index (χ2n) is 6.55. The van der Waals surface area contributed by atoms with Crippen LogP contribution in [-0.2, 0) is 16.0 Å². The fraction of sp³-hybridized carbons (Fsp3) is 0.250. The van der Waals surface area contributed by atoms with E-state index in [1.165, 1.54) is 29.0 Å². The van der Waals surface area contributed by atoms with Crippen LogP contribution in [0.4, 0.5) is 15.2 Å². The Labute approximate surface area is 159 Å². The van der Waals surface area contributed by atoms with Crippen molar-refractivity contribution in [3.8, 4) is 0 Å². The summed E-state index contributed by atoms with van der Waals surface area (Å²) in [5.74, 6) is -1.08. The molecule has 3 aromatic rings. The largest absolute Gasteiger partial charge is 0.312 e. The van der Waals surface area contributed by atoms with Crippen LogP contribution in [0.2, 0.25) is 0 Å². The van der Waals surface area contributed by atoms with E-state index in [9.17, 15) is 14.0 Å². The fourth-order valence-corrected chi connectivity index (χ4v) is 4.10. The van der Waals surface area contributed by atoms with Crippen LogP contribution in [0.1, 0.15) is 18.9 Å².